The maximum atomic E-state index is 6.21. The van der Waals surface area contributed by atoms with Crippen LogP contribution in [0.4, 0.5) is 0 Å². The second-order valence-electron chi connectivity index (χ2n) is 5.76. The molecule has 2 heterocycles. The fourth-order valence-electron chi connectivity index (χ4n) is 3.69. The normalized spacial score (nSPS) is 53.8. The summed E-state index contributed by atoms with van der Waals surface area (Å²) >= 11 is 0. The SMILES string of the molecule is NC1C2CCOC2C1N1CC2(CC2)C1. The average Bonchev–Trinajstić information content (AvgIpc) is 2.78. The van der Waals surface area contributed by atoms with Crippen molar-refractivity contribution in [1.29, 1.82) is 0 Å². The number of fused-ring (bicyclic) bond motifs is 1. The lowest BCUT2D eigenvalue weighted by Gasteiger charge is -2.56. The molecule has 3 nitrogen and oxygen atoms in total. The van der Waals surface area contributed by atoms with Crippen molar-refractivity contribution >= 4 is 0 Å². The van der Waals surface area contributed by atoms with Gasteiger partial charge < -0.3 is 10.5 Å². The predicted molar refractivity (Wildman–Crippen MR) is 52.9 cm³/mol. The van der Waals surface area contributed by atoms with E-state index in [0.29, 0.717) is 24.1 Å². The van der Waals surface area contributed by atoms with Crippen LogP contribution in [0.25, 0.3) is 0 Å². The Morgan fingerprint density at radius 1 is 1.29 bits per heavy atom. The minimum absolute atomic E-state index is 0.401. The monoisotopic (exact) mass is 194 g/mol. The molecule has 2 saturated carbocycles. The van der Waals surface area contributed by atoms with Crippen LogP contribution in [0.3, 0.4) is 0 Å². The number of hydrogen-bond acceptors (Lipinski definition) is 3. The largest absolute Gasteiger partial charge is 0.376 e. The summed E-state index contributed by atoms with van der Waals surface area (Å²) in [5.74, 6) is 0.677. The molecule has 4 unspecified atom stereocenters. The van der Waals surface area contributed by atoms with Gasteiger partial charge in [0.1, 0.15) is 0 Å². The molecule has 3 heteroatoms. The third-order valence-electron chi connectivity index (χ3n) is 4.86. The molecule has 0 radical (unpaired) electrons. The number of nitrogens with two attached hydrogens (primary N) is 1. The fraction of sp³-hybridized carbons (Fsp3) is 1.00. The van der Waals surface area contributed by atoms with Crippen LogP contribution in [0, 0.1) is 11.3 Å². The van der Waals surface area contributed by atoms with Gasteiger partial charge in [0.05, 0.1) is 12.1 Å². The van der Waals surface area contributed by atoms with Crippen LogP contribution in [-0.2, 0) is 4.74 Å². The Morgan fingerprint density at radius 2 is 2.07 bits per heavy atom. The Morgan fingerprint density at radius 3 is 2.79 bits per heavy atom. The van der Waals surface area contributed by atoms with Gasteiger partial charge in [-0.15, -0.1) is 0 Å². The molecule has 2 N–H and O–H groups in total. The Labute approximate surface area is 84.6 Å². The number of ether oxygens (including phenoxy) is 1. The molecule has 0 bridgehead atoms. The van der Waals surface area contributed by atoms with Gasteiger partial charge in [-0.1, -0.05) is 0 Å². The van der Waals surface area contributed by atoms with Crippen molar-refractivity contribution in [2.45, 2.75) is 37.5 Å². The van der Waals surface area contributed by atoms with Crippen LogP contribution in [0.5, 0.6) is 0 Å². The number of hydrogen-bond donors (Lipinski definition) is 1. The maximum Gasteiger partial charge on any atom is 0.0789 e. The highest BCUT2D eigenvalue weighted by Gasteiger charge is 2.61. The van der Waals surface area contributed by atoms with Crippen LogP contribution in [0.15, 0.2) is 0 Å². The third-order valence-corrected chi connectivity index (χ3v) is 4.86. The second-order valence-corrected chi connectivity index (χ2v) is 5.76. The Kier molecular flexibility index (Phi) is 1.35. The van der Waals surface area contributed by atoms with Crippen LogP contribution >= 0.6 is 0 Å². The van der Waals surface area contributed by atoms with Crippen molar-refractivity contribution in [2.24, 2.45) is 17.1 Å². The van der Waals surface area contributed by atoms with E-state index in [2.05, 4.69) is 4.90 Å². The minimum atomic E-state index is 0.401. The summed E-state index contributed by atoms with van der Waals surface area (Å²) < 4.78 is 5.76. The molecule has 14 heavy (non-hydrogen) atoms. The molecule has 2 aliphatic carbocycles. The van der Waals surface area contributed by atoms with Crippen LogP contribution in [0.2, 0.25) is 0 Å². The van der Waals surface area contributed by atoms with Crippen molar-refractivity contribution in [1.82, 2.24) is 4.90 Å². The summed E-state index contributed by atoms with van der Waals surface area (Å²) in [7, 11) is 0. The molecular weight excluding hydrogens is 176 g/mol. The molecule has 0 aromatic carbocycles. The van der Waals surface area contributed by atoms with Crippen LogP contribution in [0.1, 0.15) is 19.3 Å². The molecule has 0 aromatic rings. The second kappa shape index (κ2) is 2.34. The summed E-state index contributed by atoms with van der Waals surface area (Å²) in [6.07, 6.45) is 4.60. The van der Waals surface area contributed by atoms with Crippen molar-refractivity contribution in [3.8, 4) is 0 Å². The zero-order valence-electron chi connectivity index (χ0n) is 8.48. The lowest BCUT2D eigenvalue weighted by Crippen LogP contribution is -2.73. The first-order chi connectivity index (χ1) is 6.79. The lowest BCUT2D eigenvalue weighted by atomic mass is 9.69. The first-order valence-corrected chi connectivity index (χ1v) is 5.90. The summed E-state index contributed by atoms with van der Waals surface area (Å²) in [5, 5.41) is 0. The molecule has 2 aliphatic heterocycles. The van der Waals surface area contributed by atoms with Gasteiger partial charge in [0.25, 0.3) is 0 Å². The van der Waals surface area contributed by atoms with Crippen molar-refractivity contribution in [2.75, 3.05) is 19.7 Å². The smallest absolute Gasteiger partial charge is 0.0789 e. The van der Waals surface area contributed by atoms with E-state index in [-0.39, 0.29) is 0 Å². The summed E-state index contributed by atoms with van der Waals surface area (Å²) in [6, 6.07) is 0.965. The number of rotatable bonds is 1. The summed E-state index contributed by atoms with van der Waals surface area (Å²) in [5.41, 5.74) is 6.96. The van der Waals surface area contributed by atoms with Gasteiger partial charge in [0.2, 0.25) is 0 Å². The molecule has 0 aromatic heterocycles. The van der Waals surface area contributed by atoms with Crippen LogP contribution < -0.4 is 5.73 Å². The van der Waals surface area contributed by atoms with Gasteiger partial charge in [-0.05, 0) is 24.7 Å². The molecule has 4 atom stereocenters. The predicted octanol–water partition coefficient (Wildman–Crippen LogP) is 0.197. The highest BCUT2D eigenvalue weighted by atomic mass is 16.5. The molecule has 1 spiro atoms. The van der Waals surface area contributed by atoms with Gasteiger partial charge in [-0.3, -0.25) is 4.90 Å². The Balaban J connectivity index is 1.46. The van der Waals surface area contributed by atoms with Crippen molar-refractivity contribution in [3.63, 3.8) is 0 Å². The Hall–Kier alpha value is -0.120. The topological polar surface area (TPSA) is 38.5 Å². The highest BCUT2D eigenvalue weighted by molar-refractivity contribution is 5.16. The zero-order valence-corrected chi connectivity index (χ0v) is 8.48. The van der Waals surface area contributed by atoms with E-state index in [0.717, 1.165) is 12.0 Å². The first-order valence-electron chi connectivity index (χ1n) is 5.90. The first kappa shape index (κ1) is 8.08. The average molecular weight is 194 g/mol. The van der Waals surface area contributed by atoms with Gasteiger partial charge >= 0.3 is 0 Å². The van der Waals surface area contributed by atoms with E-state index in [4.69, 9.17) is 10.5 Å². The van der Waals surface area contributed by atoms with Gasteiger partial charge in [-0.25, -0.2) is 0 Å². The van der Waals surface area contributed by atoms with Crippen molar-refractivity contribution in [3.05, 3.63) is 0 Å². The molecular formula is C11H18N2O. The summed E-state index contributed by atoms with van der Waals surface area (Å²) in [6.45, 7) is 3.55. The minimum Gasteiger partial charge on any atom is -0.376 e. The van der Waals surface area contributed by atoms with Gasteiger partial charge in [0, 0.05) is 31.7 Å². The van der Waals surface area contributed by atoms with E-state index < -0.39 is 0 Å². The number of nitrogens with zero attached hydrogens (tertiary/aromatic N) is 1. The van der Waals surface area contributed by atoms with Crippen molar-refractivity contribution < 1.29 is 4.74 Å². The maximum absolute atomic E-state index is 6.21. The van der Waals surface area contributed by atoms with E-state index in [1.54, 1.807) is 0 Å². The third kappa shape index (κ3) is 0.841. The zero-order chi connectivity index (χ0) is 9.34. The van der Waals surface area contributed by atoms with E-state index in [1.807, 2.05) is 0 Å². The van der Waals surface area contributed by atoms with E-state index >= 15 is 0 Å². The van der Waals surface area contributed by atoms with E-state index in [9.17, 15) is 0 Å². The molecule has 2 saturated heterocycles. The standard InChI is InChI=1S/C11H18N2O/c12-8-7-1-4-14-10(7)9(8)13-5-11(6-13)2-3-11/h7-10H,1-6,12H2. The van der Waals surface area contributed by atoms with E-state index in [1.165, 1.54) is 32.4 Å². The Bertz CT molecular complexity index is 268. The number of likely N-dealkylation sites (tertiary alicyclic amines) is 1. The fourth-order valence-corrected chi connectivity index (χ4v) is 3.69. The molecule has 0 amide bonds. The highest BCUT2D eigenvalue weighted by Crippen LogP contribution is 2.56. The van der Waals surface area contributed by atoms with Gasteiger partial charge in [-0.2, -0.15) is 0 Å². The molecule has 78 valence electrons. The molecule has 4 rings (SSSR count). The van der Waals surface area contributed by atoms with Crippen LogP contribution in [-0.4, -0.2) is 42.8 Å². The molecule has 4 aliphatic rings. The quantitative estimate of drug-likeness (QED) is 0.648. The van der Waals surface area contributed by atoms with Gasteiger partial charge in [0.15, 0.2) is 0 Å². The summed E-state index contributed by atoms with van der Waals surface area (Å²) in [4.78, 5) is 2.57. The lowest BCUT2D eigenvalue weighted by molar-refractivity contribution is -0.114. The molecule has 4 fully saturated rings.